The highest BCUT2D eigenvalue weighted by Gasteiger charge is 2.19. The van der Waals surface area contributed by atoms with Gasteiger partial charge in [-0.2, -0.15) is 0 Å². The molecule has 0 aliphatic heterocycles. The topological polar surface area (TPSA) is 78.9 Å². The lowest BCUT2D eigenvalue weighted by Crippen LogP contribution is -2.30. The minimum Gasteiger partial charge on any atom is -0.462 e. The third-order valence-electron chi connectivity index (χ3n) is 10.6. The molecule has 0 aromatic carbocycles. The molecular weight excluding hydrogens is 648 g/mol. The van der Waals surface area contributed by atoms with Crippen molar-refractivity contribution >= 4 is 17.9 Å². The standard InChI is InChI=1S/C46H88O6/c1-6-8-9-10-11-12-16-21-26-31-36-44(47)50-39-43(40-51-45(48)37-32-27-23-18-19-24-29-34-41(3)4)52-46(49)38-33-28-22-17-14-13-15-20-25-30-35-42(5)7-2/h41-43H,6-40H2,1-5H3/t42?,43-/m0/s1. The first-order valence-electron chi connectivity index (χ1n) is 22.8. The number of rotatable bonds is 40. The molecule has 52 heavy (non-hydrogen) atoms. The largest absolute Gasteiger partial charge is 0.462 e. The molecule has 0 saturated carbocycles. The van der Waals surface area contributed by atoms with Gasteiger partial charge in [0.2, 0.25) is 0 Å². The molecular formula is C46H88O6. The van der Waals surface area contributed by atoms with Crippen LogP contribution in [0.25, 0.3) is 0 Å². The van der Waals surface area contributed by atoms with Gasteiger partial charge in [0, 0.05) is 19.3 Å². The van der Waals surface area contributed by atoms with E-state index in [-0.39, 0.29) is 31.1 Å². The Bertz CT molecular complexity index is 796. The lowest BCUT2D eigenvalue weighted by atomic mass is 9.99. The zero-order valence-electron chi connectivity index (χ0n) is 35.4. The van der Waals surface area contributed by atoms with Crippen LogP contribution >= 0.6 is 0 Å². The fraction of sp³-hybridized carbons (Fsp3) is 0.935. The van der Waals surface area contributed by atoms with Crippen LogP contribution in [0.15, 0.2) is 0 Å². The summed E-state index contributed by atoms with van der Waals surface area (Å²) < 4.78 is 16.7. The van der Waals surface area contributed by atoms with Crippen LogP contribution in [0.5, 0.6) is 0 Å². The first-order valence-corrected chi connectivity index (χ1v) is 22.8. The number of esters is 3. The van der Waals surface area contributed by atoms with Crippen molar-refractivity contribution in [2.45, 2.75) is 253 Å². The second kappa shape index (κ2) is 39.1. The van der Waals surface area contributed by atoms with E-state index in [0.717, 1.165) is 69.6 Å². The van der Waals surface area contributed by atoms with E-state index >= 15 is 0 Å². The molecule has 6 nitrogen and oxygen atoms in total. The van der Waals surface area contributed by atoms with Crippen molar-refractivity contribution in [1.29, 1.82) is 0 Å². The van der Waals surface area contributed by atoms with E-state index in [1.54, 1.807) is 0 Å². The Hall–Kier alpha value is -1.59. The summed E-state index contributed by atoms with van der Waals surface area (Å²) in [6.45, 7) is 11.3. The molecule has 0 aliphatic carbocycles. The maximum Gasteiger partial charge on any atom is 0.306 e. The predicted octanol–water partition coefficient (Wildman–Crippen LogP) is 14.2. The number of hydrogen-bond acceptors (Lipinski definition) is 6. The van der Waals surface area contributed by atoms with Gasteiger partial charge in [-0.05, 0) is 31.1 Å². The Morgan fingerprint density at radius 2 is 0.731 bits per heavy atom. The monoisotopic (exact) mass is 737 g/mol. The highest BCUT2D eigenvalue weighted by molar-refractivity contribution is 5.71. The van der Waals surface area contributed by atoms with Crippen molar-refractivity contribution in [2.75, 3.05) is 13.2 Å². The van der Waals surface area contributed by atoms with E-state index in [9.17, 15) is 14.4 Å². The summed E-state index contributed by atoms with van der Waals surface area (Å²) in [7, 11) is 0. The Morgan fingerprint density at radius 3 is 1.10 bits per heavy atom. The van der Waals surface area contributed by atoms with Crippen LogP contribution in [0.4, 0.5) is 0 Å². The van der Waals surface area contributed by atoms with Gasteiger partial charge in [-0.3, -0.25) is 14.4 Å². The molecule has 0 saturated heterocycles. The summed E-state index contributed by atoms with van der Waals surface area (Å²) >= 11 is 0. The number of hydrogen-bond donors (Lipinski definition) is 0. The number of carbonyl (C=O) groups is 3. The Morgan fingerprint density at radius 1 is 0.404 bits per heavy atom. The van der Waals surface area contributed by atoms with Crippen LogP contribution in [0.2, 0.25) is 0 Å². The fourth-order valence-corrected chi connectivity index (χ4v) is 6.72. The van der Waals surface area contributed by atoms with Gasteiger partial charge < -0.3 is 14.2 Å². The molecule has 0 spiro atoms. The van der Waals surface area contributed by atoms with Crippen LogP contribution in [-0.4, -0.2) is 37.2 Å². The Balaban J connectivity index is 4.34. The molecule has 0 radical (unpaired) electrons. The Labute approximate surface area is 323 Å². The molecule has 1 unspecified atom stereocenters. The molecule has 0 fully saturated rings. The average Bonchev–Trinajstić information content (AvgIpc) is 3.12. The minimum atomic E-state index is -0.760. The van der Waals surface area contributed by atoms with Crippen LogP contribution in [0.3, 0.4) is 0 Å². The molecule has 6 heteroatoms. The van der Waals surface area contributed by atoms with Crippen molar-refractivity contribution in [3.8, 4) is 0 Å². The van der Waals surface area contributed by atoms with Gasteiger partial charge in [0.15, 0.2) is 6.10 Å². The molecule has 0 heterocycles. The van der Waals surface area contributed by atoms with Gasteiger partial charge in [-0.1, -0.05) is 208 Å². The van der Waals surface area contributed by atoms with Gasteiger partial charge in [0.1, 0.15) is 13.2 Å². The third-order valence-corrected chi connectivity index (χ3v) is 10.6. The molecule has 2 atom stereocenters. The first kappa shape index (κ1) is 50.4. The summed E-state index contributed by atoms with van der Waals surface area (Å²) in [5.74, 6) is 0.788. The van der Waals surface area contributed by atoms with Gasteiger partial charge >= 0.3 is 17.9 Å². The number of carbonyl (C=O) groups excluding carboxylic acids is 3. The second-order valence-corrected chi connectivity index (χ2v) is 16.4. The zero-order chi connectivity index (χ0) is 38.3. The average molecular weight is 737 g/mol. The number of unbranched alkanes of at least 4 members (excludes halogenated alkanes) is 24. The summed E-state index contributed by atoms with van der Waals surface area (Å²) in [6.07, 6.45) is 36.6. The lowest BCUT2D eigenvalue weighted by Gasteiger charge is -2.18. The fourth-order valence-electron chi connectivity index (χ4n) is 6.72. The van der Waals surface area contributed by atoms with E-state index in [2.05, 4.69) is 34.6 Å². The molecule has 0 rings (SSSR count). The van der Waals surface area contributed by atoms with Crippen molar-refractivity contribution < 1.29 is 28.6 Å². The van der Waals surface area contributed by atoms with Crippen molar-refractivity contribution in [1.82, 2.24) is 0 Å². The quantitative estimate of drug-likeness (QED) is 0.0354. The van der Waals surface area contributed by atoms with Crippen molar-refractivity contribution in [2.24, 2.45) is 11.8 Å². The zero-order valence-corrected chi connectivity index (χ0v) is 35.4. The maximum atomic E-state index is 12.7. The molecule has 0 N–H and O–H groups in total. The van der Waals surface area contributed by atoms with Gasteiger partial charge in [0.05, 0.1) is 0 Å². The van der Waals surface area contributed by atoms with E-state index < -0.39 is 6.10 Å². The Kier molecular flexibility index (Phi) is 37.9. The molecule has 0 aromatic heterocycles. The molecule has 0 bridgehead atoms. The molecule has 0 amide bonds. The normalized spacial score (nSPS) is 12.6. The summed E-state index contributed by atoms with van der Waals surface area (Å²) in [5, 5.41) is 0. The molecule has 0 aromatic rings. The van der Waals surface area contributed by atoms with E-state index in [1.807, 2.05) is 0 Å². The van der Waals surface area contributed by atoms with E-state index in [0.29, 0.717) is 19.3 Å². The van der Waals surface area contributed by atoms with E-state index in [4.69, 9.17) is 14.2 Å². The van der Waals surface area contributed by atoms with E-state index in [1.165, 1.54) is 135 Å². The van der Waals surface area contributed by atoms with Crippen LogP contribution < -0.4 is 0 Å². The molecule has 308 valence electrons. The highest BCUT2D eigenvalue weighted by Crippen LogP contribution is 2.17. The highest BCUT2D eigenvalue weighted by atomic mass is 16.6. The lowest BCUT2D eigenvalue weighted by molar-refractivity contribution is -0.167. The summed E-state index contributed by atoms with van der Waals surface area (Å²) in [4.78, 5) is 37.7. The van der Waals surface area contributed by atoms with Gasteiger partial charge in [0.25, 0.3) is 0 Å². The van der Waals surface area contributed by atoms with Crippen LogP contribution in [0.1, 0.15) is 247 Å². The maximum absolute atomic E-state index is 12.7. The van der Waals surface area contributed by atoms with Crippen molar-refractivity contribution in [3.05, 3.63) is 0 Å². The smallest absolute Gasteiger partial charge is 0.306 e. The van der Waals surface area contributed by atoms with Crippen molar-refractivity contribution in [3.63, 3.8) is 0 Å². The van der Waals surface area contributed by atoms with Crippen LogP contribution in [-0.2, 0) is 28.6 Å². The van der Waals surface area contributed by atoms with Crippen LogP contribution in [0, 0.1) is 11.8 Å². The molecule has 0 aliphatic rings. The van der Waals surface area contributed by atoms with Gasteiger partial charge in [-0.15, -0.1) is 0 Å². The minimum absolute atomic E-state index is 0.0654. The second-order valence-electron chi connectivity index (χ2n) is 16.4. The van der Waals surface area contributed by atoms with Gasteiger partial charge in [-0.25, -0.2) is 0 Å². The third kappa shape index (κ3) is 38.1. The SMILES string of the molecule is CCCCCCCCCCCCC(=O)OC[C@@H](COC(=O)CCCCCCCCCC(C)C)OC(=O)CCCCCCCCCCCCC(C)CC. The predicted molar refractivity (Wildman–Crippen MR) is 220 cm³/mol. The number of ether oxygens (including phenoxy) is 3. The first-order chi connectivity index (χ1) is 25.3. The summed E-state index contributed by atoms with van der Waals surface area (Å²) in [5.41, 5.74) is 0. The summed E-state index contributed by atoms with van der Waals surface area (Å²) in [6, 6.07) is 0.